The van der Waals surface area contributed by atoms with Crippen molar-refractivity contribution >= 4 is 17.5 Å². The third-order valence-corrected chi connectivity index (χ3v) is 6.93. The summed E-state index contributed by atoms with van der Waals surface area (Å²) < 4.78 is 18.5. The monoisotopic (exact) mass is 447 g/mol. The molecule has 170 valence electrons. The van der Waals surface area contributed by atoms with Gasteiger partial charge in [0, 0.05) is 17.8 Å². The third kappa shape index (κ3) is 3.12. The lowest BCUT2D eigenvalue weighted by atomic mass is 9.93. The van der Waals surface area contributed by atoms with E-state index < -0.39 is 5.54 Å². The maximum atomic E-state index is 13.9. The summed E-state index contributed by atoms with van der Waals surface area (Å²) in [5, 5.41) is 3.21. The Balaban J connectivity index is 1.46. The van der Waals surface area contributed by atoms with E-state index in [2.05, 4.69) is 5.32 Å². The SMILES string of the molecule is CC1(C(=O)NC2CCCC2)Cn2c(ccc2-c2ccco2)C(=O)N1c1ccc2c(c1)OCO2. The van der Waals surface area contributed by atoms with Crippen LogP contribution in [0.15, 0.2) is 53.1 Å². The maximum Gasteiger partial charge on any atom is 0.275 e. The van der Waals surface area contributed by atoms with E-state index in [1.54, 1.807) is 35.4 Å². The number of nitrogens with one attached hydrogen (secondary N) is 1. The van der Waals surface area contributed by atoms with Crippen molar-refractivity contribution in [3.63, 3.8) is 0 Å². The van der Waals surface area contributed by atoms with Gasteiger partial charge in [-0.3, -0.25) is 14.5 Å². The minimum atomic E-state index is -1.15. The summed E-state index contributed by atoms with van der Waals surface area (Å²) in [6.07, 6.45) is 5.75. The smallest absolute Gasteiger partial charge is 0.275 e. The maximum absolute atomic E-state index is 13.9. The molecule has 2 aliphatic heterocycles. The highest BCUT2D eigenvalue weighted by Crippen LogP contribution is 2.41. The standard InChI is InChI=1S/C25H25N3O5/c1-25(24(30)26-16-5-2-3-6-16)14-27-18(20-7-4-12-31-20)9-10-19(27)23(29)28(25)17-8-11-21-22(13-17)33-15-32-21/h4,7-13,16H,2-3,5-6,14-15H2,1H3,(H,26,30). The molecule has 0 saturated heterocycles. The van der Waals surface area contributed by atoms with Gasteiger partial charge in [0.1, 0.15) is 17.0 Å². The molecule has 0 spiro atoms. The lowest BCUT2D eigenvalue weighted by Gasteiger charge is -2.44. The molecule has 33 heavy (non-hydrogen) atoms. The number of amides is 2. The van der Waals surface area contributed by atoms with E-state index in [0.717, 1.165) is 31.4 Å². The van der Waals surface area contributed by atoms with E-state index in [9.17, 15) is 9.59 Å². The van der Waals surface area contributed by atoms with Crippen LogP contribution >= 0.6 is 0 Å². The number of anilines is 1. The van der Waals surface area contributed by atoms with Crippen molar-refractivity contribution in [2.75, 3.05) is 11.7 Å². The molecule has 6 rings (SSSR count). The van der Waals surface area contributed by atoms with Gasteiger partial charge in [0.05, 0.1) is 18.5 Å². The van der Waals surface area contributed by atoms with E-state index in [1.807, 2.05) is 29.7 Å². The molecular weight excluding hydrogens is 422 g/mol. The summed E-state index contributed by atoms with van der Waals surface area (Å²) in [5.41, 5.74) is 0.722. The van der Waals surface area contributed by atoms with Crippen molar-refractivity contribution in [3.05, 3.63) is 54.4 Å². The van der Waals surface area contributed by atoms with Crippen LogP contribution in [-0.2, 0) is 11.3 Å². The fraction of sp³-hybridized carbons (Fsp3) is 0.360. The molecule has 3 aliphatic rings. The van der Waals surface area contributed by atoms with Gasteiger partial charge in [0.25, 0.3) is 5.91 Å². The molecule has 1 aliphatic carbocycles. The second-order valence-electron chi connectivity index (χ2n) is 9.07. The average Bonchev–Trinajstić information content (AvgIpc) is 3.59. The first-order chi connectivity index (χ1) is 16.0. The number of rotatable bonds is 4. The highest BCUT2D eigenvalue weighted by atomic mass is 16.7. The third-order valence-electron chi connectivity index (χ3n) is 6.93. The van der Waals surface area contributed by atoms with Crippen LogP contribution in [0.25, 0.3) is 11.5 Å². The summed E-state index contributed by atoms with van der Waals surface area (Å²) in [6, 6.07) is 12.8. The molecule has 8 nitrogen and oxygen atoms in total. The zero-order valence-electron chi connectivity index (χ0n) is 18.4. The Morgan fingerprint density at radius 1 is 1.06 bits per heavy atom. The number of benzene rings is 1. The molecule has 1 fully saturated rings. The van der Waals surface area contributed by atoms with Crippen LogP contribution in [0.2, 0.25) is 0 Å². The number of nitrogens with zero attached hydrogens (tertiary/aromatic N) is 2. The summed E-state index contributed by atoms with van der Waals surface area (Å²) in [7, 11) is 0. The van der Waals surface area contributed by atoms with Crippen LogP contribution in [-0.4, -0.2) is 34.8 Å². The van der Waals surface area contributed by atoms with Crippen LogP contribution < -0.4 is 19.7 Å². The Kier molecular flexibility index (Phi) is 4.50. The molecule has 8 heteroatoms. The highest BCUT2D eigenvalue weighted by molar-refractivity contribution is 6.12. The van der Waals surface area contributed by atoms with Gasteiger partial charge in [-0.1, -0.05) is 12.8 Å². The topological polar surface area (TPSA) is 85.9 Å². The summed E-state index contributed by atoms with van der Waals surface area (Å²) in [4.78, 5) is 29.2. The molecule has 2 aromatic heterocycles. The molecule has 0 bridgehead atoms. The first-order valence-corrected chi connectivity index (χ1v) is 11.3. The predicted octanol–water partition coefficient (Wildman–Crippen LogP) is 3.95. The molecule has 1 aromatic carbocycles. The quantitative estimate of drug-likeness (QED) is 0.655. The van der Waals surface area contributed by atoms with E-state index >= 15 is 0 Å². The number of hydrogen-bond donors (Lipinski definition) is 1. The van der Waals surface area contributed by atoms with Crippen molar-refractivity contribution in [3.8, 4) is 23.0 Å². The number of furan rings is 1. The molecule has 3 aromatic rings. The van der Waals surface area contributed by atoms with Crippen LogP contribution in [0.1, 0.15) is 43.1 Å². The zero-order valence-corrected chi connectivity index (χ0v) is 18.4. The van der Waals surface area contributed by atoms with Crippen molar-refractivity contribution in [1.82, 2.24) is 9.88 Å². The summed E-state index contributed by atoms with van der Waals surface area (Å²) in [5.74, 6) is 1.44. The second-order valence-corrected chi connectivity index (χ2v) is 9.07. The van der Waals surface area contributed by atoms with Gasteiger partial charge in [0.2, 0.25) is 12.7 Å². The number of fused-ring (bicyclic) bond motifs is 2. The van der Waals surface area contributed by atoms with E-state index in [1.165, 1.54) is 0 Å². The predicted molar refractivity (Wildman–Crippen MR) is 120 cm³/mol. The van der Waals surface area contributed by atoms with Gasteiger partial charge in [-0.25, -0.2) is 0 Å². The second kappa shape index (κ2) is 7.43. The molecule has 1 saturated carbocycles. The van der Waals surface area contributed by atoms with Gasteiger partial charge in [-0.2, -0.15) is 0 Å². The van der Waals surface area contributed by atoms with Crippen molar-refractivity contribution < 1.29 is 23.5 Å². The molecular formula is C25H25N3O5. The van der Waals surface area contributed by atoms with Gasteiger partial charge in [0.15, 0.2) is 11.5 Å². The normalized spacial score (nSPS) is 22.0. The van der Waals surface area contributed by atoms with E-state index in [4.69, 9.17) is 13.9 Å². The average molecular weight is 447 g/mol. The number of ether oxygens (including phenoxy) is 2. The Labute approximate surface area is 191 Å². The number of carbonyl (C=O) groups is 2. The fourth-order valence-corrected chi connectivity index (χ4v) is 5.19. The number of hydrogen-bond acceptors (Lipinski definition) is 5. The molecule has 1 atom stereocenters. The van der Waals surface area contributed by atoms with Crippen molar-refractivity contribution in [2.45, 2.75) is 50.7 Å². The zero-order chi connectivity index (χ0) is 22.6. The van der Waals surface area contributed by atoms with Crippen LogP contribution in [0.5, 0.6) is 11.5 Å². The number of carbonyl (C=O) groups excluding carboxylic acids is 2. The lowest BCUT2D eigenvalue weighted by molar-refractivity contribution is -0.127. The Bertz CT molecular complexity index is 1220. The van der Waals surface area contributed by atoms with Crippen LogP contribution in [0.4, 0.5) is 5.69 Å². The minimum Gasteiger partial charge on any atom is -0.463 e. The van der Waals surface area contributed by atoms with Crippen molar-refractivity contribution in [2.24, 2.45) is 0 Å². The molecule has 0 radical (unpaired) electrons. The van der Waals surface area contributed by atoms with E-state index in [-0.39, 0.29) is 24.6 Å². The lowest BCUT2D eigenvalue weighted by Crippen LogP contribution is -2.65. The van der Waals surface area contributed by atoms with E-state index in [0.29, 0.717) is 35.2 Å². The Morgan fingerprint density at radius 3 is 2.64 bits per heavy atom. The van der Waals surface area contributed by atoms with Crippen molar-refractivity contribution in [1.29, 1.82) is 0 Å². The van der Waals surface area contributed by atoms with Crippen LogP contribution in [0, 0.1) is 0 Å². The molecule has 2 amide bonds. The Hall–Kier alpha value is -3.68. The van der Waals surface area contributed by atoms with Gasteiger partial charge in [-0.15, -0.1) is 0 Å². The number of aromatic nitrogens is 1. The summed E-state index contributed by atoms with van der Waals surface area (Å²) >= 11 is 0. The summed E-state index contributed by atoms with van der Waals surface area (Å²) in [6.45, 7) is 2.26. The highest BCUT2D eigenvalue weighted by Gasteiger charge is 2.49. The van der Waals surface area contributed by atoms with Gasteiger partial charge >= 0.3 is 0 Å². The molecule has 1 unspecified atom stereocenters. The largest absolute Gasteiger partial charge is 0.463 e. The minimum absolute atomic E-state index is 0.138. The van der Waals surface area contributed by atoms with Gasteiger partial charge in [-0.05, 0) is 56.2 Å². The molecule has 4 heterocycles. The Morgan fingerprint density at radius 2 is 1.85 bits per heavy atom. The fourth-order valence-electron chi connectivity index (χ4n) is 5.19. The molecule has 1 N–H and O–H groups in total. The first kappa shape index (κ1) is 20.0. The van der Waals surface area contributed by atoms with Gasteiger partial charge < -0.3 is 23.8 Å². The van der Waals surface area contributed by atoms with Crippen LogP contribution in [0.3, 0.4) is 0 Å². The first-order valence-electron chi connectivity index (χ1n) is 11.3.